The Labute approximate surface area is 117 Å². The molecule has 0 spiro atoms. The van der Waals surface area contributed by atoms with Gasteiger partial charge in [0.2, 0.25) is 5.91 Å². The first kappa shape index (κ1) is 14.3. The minimum Gasteiger partial charge on any atom is -0.351 e. The Morgan fingerprint density at radius 1 is 1.55 bits per heavy atom. The zero-order chi connectivity index (χ0) is 14.7. The number of carbonyl (C=O) groups excluding carboxylic acids is 2. The predicted molar refractivity (Wildman–Crippen MR) is 71.5 cm³/mol. The SMILES string of the molecule is Cc1nc(CN(C)C(=O)C2CCCN(C(N)=O)C2)n[nH]1. The van der Waals surface area contributed by atoms with Gasteiger partial charge in [0, 0.05) is 20.1 Å². The van der Waals surface area contributed by atoms with E-state index < -0.39 is 6.03 Å². The van der Waals surface area contributed by atoms with E-state index in [0.717, 1.165) is 18.7 Å². The zero-order valence-electron chi connectivity index (χ0n) is 11.8. The number of urea groups is 1. The molecule has 1 aliphatic heterocycles. The van der Waals surface area contributed by atoms with E-state index in [0.29, 0.717) is 25.5 Å². The highest BCUT2D eigenvalue weighted by Gasteiger charge is 2.29. The van der Waals surface area contributed by atoms with Crippen LogP contribution in [-0.4, -0.2) is 57.1 Å². The lowest BCUT2D eigenvalue weighted by molar-refractivity contribution is -0.136. The monoisotopic (exact) mass is 280 g/mol. The molecule has 1 aromatic heterocycles. The summed E-state index contributed by atoms with van der Waals surface area (Å²) in [6, 6.07) is -0.463. The average Bonchev–Trinajstić information content (AvgIpc) is 2.83. The van der Waals surface area contributed by atoms with E-state index in [1.165, 1.54) is 4.90 Å². The van der Waals surface area contributed by atoms with Crippen LogP contribution in [0.4, 0.5) is 4.79 Å². The fourth-order valence-corrected chi connectivity index (χ4v) is 2.44. The van der Waals surface area contributed by atoms with Crippen LogP contribution in [0.15, 0.2) is 0 Å². The quantitative estimate of drug-likeness (QED) is 0.803. The molecule has 1 atom stereocenters. The van der Waals surface area contributed by atoms with Gasteiger partial charge in [0.1, 0.15) is 5.82 Å². The van der Waals surface area contributed by atoms with Crippen molar-refractivity contribution in [1.82, 2.24) is 25.0 Å². The number of amides is 3. The topological polar surface area (TPSA) is 108 Å². The molecule has 2 heterocycles. The minimum absolute atomic E-state index is 0.00148. The fraction of sp³-hybridized carbons (Fsp3) is 0.667. The summed E-state index contributed by atoms with van der Waals surface area (Å²) in [6.07, 6.45) is 1.58. The Bertz CT molecular complexity index is 500. The fourth-order valence-electron chi connectivity index (χ4n) is 2.44. The third-order valence-corrected chi connectivity index (χ3v) is 3.48. The highest BCUT2D eigenvalue weighted by molar-refractivity contribution is 5.80. The van der Waals surface area contributed by atoms with E-state index >= 15 is 0 Å². The van der Waals surface area contributed by atoms with Gasteiger partial charge in [-0.2, -0.15) is 5.10 Å². The summed E-state index contributed by atoms with van der Waals surface area (Å²) in [6.45, 7) is 3.19. The van der Waals surface area contributed by atoms with Crippen molar-refractivity contribution in [3.8, 4) is 0 Å². The van der Waals surface area contributed by atoms with Crippen LogP contribution in [0, 0.1) is 12.8 Å². The number of nitrogens with two attached hydrogens (primary N) is 1. The molecule has 1 aliphatic rings. The van der Waals surface area contributed by atoms with Gasteiger partial charge in [0.25, 0.3) is 0 Å². The van der Waals surface area contributed by atoms with Gasteiger partial charge in [-0.1, -0.05) is 0 Å². The lowest BCUT2D eigenvalue weighted by atomic mass is 9.97. The van der Waals surface area contributed by atoms with E-state index in [-0.39, 0.29) is 11.8 Å². The molecule has 3 amide bonds. The van der Waals surface area contributed by atoms with E-state index in [1.807, 2.05) is 6.92 Å². The van der Waals surface area contributed by atoms with Gasteiger partial charge in [-0.15, -0.1) is 0 Å². The van der Waals surface area contributed by atoms with Crippen LogP contribution in [0.5, 0.6) is 0 Å². The van der Waals surface area contributed by atoms with Crippen LogP contribution < -0.4 is 5.73 Å². The van der Waals surface area contributed by atoms with Crippen LogP contribution in [0.1, 0.15) is 24.5 Å². The summed E-state index contributed by atoms with van der Waals surface area (Å²) < 4.78 is 0. The number of rotatable bonds is 3. The third kappa shape index (κ3) is 3.25. The Morgan fingerprint density at radius 2 is 2.30 bits per heavy atom. The lowest BCUT2D eigenvalue weighted by Gasteiger charge is -2.32. The Kier molecular flexibility index (Phi) is 4.21. The van der Waals surface area contributed by atoms with Crippen molar-refractivity contribution < 1.29 is 9.59 Å². The Morgan fingerprint density at radius 3 is 2.90 bits per heavy atom. The molecule has 0 aromatic carbocycles. The summed E-state index contributed by atoms with van der Waals surface area (Å²) in [7, 11) is 1.72. The van der Waals surface area contributed by atoms with Crippen molar-refractivity contribution in [3.63, 3.8) is 0 Å². The molecule has 1 aromatic rings. The largest absolute Gasteiger partial charge is 0.351 e. The number of nitrogens with zero attached hydrogens (tertiary/aromatic N) is 4. The zero-order valence-corrected chi connectivity index (χ0v) is 11.8. The summed E-state index contributed by atoms with van der Waals surface area (Å²) in [4.78, 5) is 30.8. The number of hydrogen-bond acceptors (Lipinski definition) is 4. The molecule has 0 radical (unpaired) electrons. The van der Waals surface area contributed by atoms with Crippen LogP contribution in [0.25, 0.3) is 0 Å². The molecule has 0 bridgehead atoms. The van der Waals surface area contributed by atoms with E-state index in [9.17, 15) is 9.59 Å². The summed E-state index contributed by atoms with van der Waals surface area (Å²) in [5.41, 5.74) is 5.27. The molecule has 20 heavy (non-hydrogen) atoms. The van der Waals surface area contributed by atoms with Crippen molar-refractivity contribution >= 4 is 11.9 Å². The molecule has 0 aliphatic carbocycles. The number of aromatic nitrogens is 3. The second kappa shape index (κ2) is 5.89. The maximum atomic E-state index is 12.4. The molecule has 1 fully saturated rings. The van der Waals surface area contributed by atoms with Crippen molar-refractivity contribution in [2.45, 2.75) is 26.3 Å². The molecular weight excluding hydrogens is 260 g/mol. The van der Waals surface area contributed by atoms with E-state index in [2.05, 4.69) is 15.2 Å². The van der Waals surface area contributed by atoms with Crippen molar-refractivity contribution in [2.75, 3.05) is 20.1 Å². The number of H-pyrrole nitrogens is 1. The van der Waals surface area contributed by atoms with Crippen LogP contribution >= 0.6 is 0 Å². The smallest absolute Gasteiger partial charge is 0.314 e. The van der Waals surface area contributed by atoms with Gasteiger partial charge in [-0.25, -0.2) is 9.78 Å². The minimum atomic E-state index is -0.463. The number of aromatic amines is 1. The van der Waals surface area contributed by atoms with Gasteiger partial charge in [0.15, 0.2) is 5.82 Å². The first-order chi connectivity index (χ1) is 9.47. The van der Waals surface area contributed by atoms with Crippen LogP contribution in [-0.2, 0) is 11.3 Å². The number of hydrogen-bond donors (Lipinski definition) is 2. The third-order valence-electron chi connectivity index (χ3n) is 3.48. The molecule has 2 rings (SSSR count). The van der Waals surface area contributed by atoms with Gasteiger partial charge < -0.3 is 15.5 Å². The van der Waals surface area contributed by atoms with Gasteiger partial charge in [-0.3, -0.25) is 9.89 Å². The second-order valence-electron chi connectivity index (χ2n) is 5.15. The van der Waals surface area contributed by atoms with Gasteiger partial charge in [-0.05, 0) is 19.8 Å². The number of primary amides is 1. The van der Waals surface area contributed by atoms with Gasteiger partial charge in [0.05, 0.1) is 12.5 Å². The number of piperidine rings is 1. The molecule has 1 unspecified atom stereocenters. The maximum absolute atomic E-state index is 12.4. The average molecular weight is 280 g/mol. The summed E-state index contributed by atoms with van der Waals surface area (Å²) in [5, 5.41) is 6.76. The Balaban J connectivity index is 1.94. The maximum Gasteiger partial charge on any atom is 0.314 e. The summed E-state index contributed by atoms with van der Waals surface area (Å²) in [5.74, 6) is 1.11. The second-order valence-corrected chi connectivity index (χ2v) is 5.15. The number of carbonyl (C=O) groups is 2. The lowest BCUT2D eigenvalue weighted by Crippen LogP contribution is -2.47. The van der Waals surface area contributed by atoms with Crippen LogP contribution in [0.2, 0.25) is 0 Å². The number of nitrogens with one attached hydrogen (secondary N) is 1. The Hall–Kier alpha value is -2.12. The molecule has 110 valence electrons. The van der Waals surface area contributed by atoms with Gasteiger partial charge >= 0.3 is 6.03 Å². The molecule has 8 nitrogen and oxygen atoms in total. The molecule has 0 saturated carbocycles. The number of likely N-dealkylation sites (tertiary alicyclic amines) is 1. The molecule has 1 saturated heterocycles. The van der Waals surface area contributed by atoms with E-state index in [1.54, 1.807) is 11.9 Å². The van der Waals surface area contributed by atoms with E-state index in [4.69, 9.17) is 5.73 Å². The van der Waals surface area contributed by atoms with Crippen molar-refractivity contribution in [3.05, 3.63) is 11.6 Å². The highest BCUT2D eigenvalue weighted by Crippen LogP contribution is 2.18. The first-order valence-corrected chi connectivity index (χ1v) is 6.64. The normalized spacial score (nSPS) is 18.9. The van der Waals surface area contributed by atoms with Crippen LogP contribution in [0.3, 0.4) is 0 Å². The standard InChI is InChI=1S/C12H20N6O2/c1-8-14-10(16-15-8)7-17(2)11(19)9-4-3-5-18(6-9)12(13)20/h9H,3-7H2,1-2H3,(H2,13,20)(H,14,15,16). The van der Waals surface area contributed by atoms with Crippen molar-refractivity contribution in [2.24, 2.45) is 11.7 Å². The first-order valence-electron chi connectivity index (χ1n) is 6.64. The molecule has 8 heteroatoms. The molecular formula is C12H20N6O2. The number of aryl methyl sites for hydroxylation is 1. The predicted octanol–water partition coefficient (Wildman–Crippen LogP) is -0.138. The highest BCUT2D eigenvalue weighted by atomic mass is 16.2. The summed E-state index contributed by atoms with van der Waals surface area (Å²) >= 11 is 0. The molecule has 3 N–H and O–H groups in total. The van der Waals surface area contributed by atoms with Crippen molar-refractivity contribution in [1.29, 1.82) is 0 Å².